The van der Waals surface area contributed by atoms with Gasteiger partial charge in [-0.25, -0.2) is 0 Å². The second-order valence-corrected chi connectivity index (χ2v) is 4.76. The maximum absolute atomic E-state index is 7.42. The Morgan fingerprint density at radius 1 is 0.947 bits per heavy atom. The first kappa shape index (κ1) is 13.1. The van der Waals surface area contributed by atoms with Crippen molar-refractivity contribution in [1.29, 1.82) is 5.41 Å². The zero-order valence-corrected chi connectivity index (χ0v) is 11.4. The van der Waals surface area contributed by atoms with Crippen LogP contribution in [0.1, 0.15) is 22.3 Å². The number of amidine groups is 1. The molecule has 2 aromatic rings. The Balaban J connectivity index is 2.33. The molecule has 0 saturated heterocycles. The van der Waals surface area contributed by atoms with E-state index in [1.807, 2.05) is 45.0 Å². The lowest BCUT2D eigenvalue weighted by Crippen LogP contribution is -2.11. The highest BCUT2D eigenvalue weighted by Crippen LogP contribution is 2.28. The molecule has 98 valence electrons. The van der Waals surface area contributed by atoms with Crippen LogP contribution in [0.15, 0.2) is 36.4 Å². The fraction of sp³-hybridized carbons (Fsp3) is 0.188. The summed E-state index contributed by atoms with van der Waals surface area (Å²) in [6.45, 7) is 6.01. The van der Waals surface area contributed by atoms with Crippen molar-refractivity contribution in [3.05, 3.63) is 58.7 Å². The van der Waals surface area contributed by atoms with Gasteiger partial charge in [0.2, 0.25) is 0 Å². The minimum Gasteiger partial charge on any atom is -0.457 e. The van der Waals surface area contributed by atoms with E-state index < -0.39 is 0 Å². The molecule has 0 aliphatic heterocycles. The molecule has 0 atom stereocenters. The van der Waals surface area contributed by atoms with Gasteiger partial charge in [-0.05, 0) is 61.7 Å². The van der Waals surface area contributed by atoms with Crippen LogP contribution < -0.4 is 10.5 Å². The molecule has 2 aromatic carbocycles. The number of benzene rings is 2. The maximum Gasteiger partial charge on any atom is 0.130 e. The largest absolute Gasteiger partial charge is 0.457 e. The van der Waals surface area contributed by atoms with Crippen LogP contribution in [0, 0.1) is 26.2 Å². The second kappa shape index (κ2) is 5.14. The zero-order chi connectivity index (χ0) is 14.0. The molecule has 2 rings (SSSR count). The smallest absolute Gasteiger partial charge is 0.130 e. The summed E-state index contributed by atoms with van der Waals surface area (Å²) in [6.07, 6.45) is 0. The van der Waals surface area contributed by atoms with E-state index in [4.69, 9.17) is 15.9 Å². The first-order chi connectivity index (χ1) is 8.97. The first-order valence-corrected chi connectivity index (χ1v) is 6.17. The van der Waals surface area contributed by atoms with Crippen molar-refractivity contribution in [1.82, 2.24) is 0 Å². The molecule has 0 unspecified atom stereocenters. The number of rotatable bonds is 3. The number of aryl methyl sites for hydroxylation is 3. The first-order valence-electron chi connectivity index (χ1n) is 6.17. The van der Waals surface area contributed by atoms with E-state index in [2.05, 4.69) is 6.07 Å². The third-order valence-corrected chi connectivity index (χ3v) is 3.05. The second-order valence-electron chi connectivity index (χ2n) is 4.76. The topological polar surface area (TPSA) is 59.1 Å². The molecule has 0 amide bonds. The van der Waals surface area contributed by atoms with Crippen LogP contribution in [0.5, 0.6) is 11.5 Å². The molecule has 0 spiro atoms. The Morgan fingerprint density at radius 2 is 1.68 bits per heavy atom. The SMILES string of the molecule is Cc1ccc(C)c(Oc2ccc(C(=N)N)cc2C)c1. The summed E-state index contributed by atoms with van der Waals surface area (Å²) >= 11 is 0. The van der Waals surface area contributed by atoms with Gasteiger partial charge in [0.05, 0.1) is 0 Å². The van der Waals surface area contributed by atoms with Crippen LogP contribution in [-0.2, 0) is 0 Å². The number of nitrogens with two attached hydrogens (primary N) is 1. The summed E-state index contributed by atoms with van der Waals surface area (Å²) < 4.78 is 5.94. The molecule has 0 saturated carbocycles. The Hall–Kier alpha value is -2.29. The van der Waals surface area contributed by atoms with Crippen LogP contribution >= 0.6 is 0 Å². The van der Waals surface area contributed by atoms with E-state index in [-0.39, 0.29) is 5.84 Å². The molecule has 3 N–H and O–H groups in total. The molecule has 19 heavy (non-hydrogen) atoms. The fourth-order valence-electron chi connectivity index (χ4n) is 1.87. The predicted molar refractivity (Wildman–Crippen MR) is 78.2 cm³/mol. The summed E-state index contributed by atoms with van der Waals surface area (Å²) in [5.41, 5.74) is 9.41. The van der Waals surface area contributed by atoms with E-state index in [1.165, 1.54) is 5.56 Å². The third kappa shape index (κ3) is 2.94. The highest BCUT2D eigenvalue weighted by atomic mass is 16.5. The van der Waals surface area contributed by atoms with Gasteiger partial charge < -0.3 is 10.5 Å². The monoisotopic (exact) mass is 254 g/mol. The van der Waals surface area contributed by atoms with E-state index in [0.29, 0.717) is 5.56 Å². The van der Waals surface area contributed by atoms with Crippen molar-refractivity contribution < 1.29 is 4.74 Å². The van der Waals surface area contributed by atoms with Gasteiger partial charge in [-0.2, -0.15) is 0 Å². The molecular formula is C16H18N2O. The van der Waals surface area contributed by atoms with Gasteiger partial charge in [-0.15, -0.1) is 0 Å². The number of ether oxygens (including phenoxy) is 1. The Morgan fingerprint density at radius 3 is 2.32 bits per heavy atom. The molecule has 0 radical (unpaired) electrons. The van der Waals surface area contributed by atoms with Gasteiger partial charge >= 0.3 is 0 Å². The Labute approximate surface area is 113 Å². The molecule has 0 aliphatic rings. The third-order valence-electron chi connectivity index (χ3n) is 3.05. The highest BCUT2D eigenvalue weighted by molar-refractivity contribution is 5.95. The average Bonchev–Trinajstić information content (AvgIpc) is 2.36. The highest BCUT2D eigenvalue weighted by Gasteiger charge is 2.06. The maximum atomic E-state index is 7.42. The number of nitrogens with one attached hydrogen (secondary N) is 1. The lowest BCUT2D eigenvalue weighted by molar-refractivity contribution is 0.475. The van der Waals surface area contributed by atoms with Crippen molar-refractivity contribution in [2.75, 3.05) is 0 Å². The molecule has 0 fully saturated rings. The minimum absolute atomic E-state index is 0.0707. The standard InChI is InChI=1S/C16H18N2O/c1-10-4-5-11(2)15(8-10)19-14-7-6-13(16(17)18)9-12(14)3/h4-9H,1-3H3,(H3,17,18). The Kier molecular flexibility index (Phi) is 3.56. The summed E-state index contributed by atoms with van der Waals surface area (Å²) in [4.78, 5) is 0. The quantitative estimate of drug-likeness (QED) is 0.648. The van der Waals surface area contributed by atoms with Gasteiger partial charge in [0.1, 0.15) is 17.3 Å². The molecule has 0 bridgehead atoms. The van der Waals surface area contributed by atoms with E-state index in [9.17, 15) is 0 Å². The molecule has 0 aromatic heterocycles. The minimum atomic E-state index is 0.0707. The van der Waals surface area contributed by atoms with Gasteiger partial charge in [0.25, 0.3) is 0 Å². The normalized spacial score (nSPS) is 10.3. The van der Waals surface area contributed by atoms with Crippen LogP contribution in [0.25, 0.3) is 0 Å². The lowest BCUT2D eigenvalue weighted by Gasteiger charge is -2.12. The van der Waals surface area contributed by atoms with E-state index in [1.54, 1.807) is 6.07 Å². The predicted octanol–water partition coefficient (Wildman–Crippen LogP) is 3.69. The summed E-state index contributed by atoms with van der Waals surface area (Å²) in [6, 6.07) is 11.7. The van der Waals surface area contributed by atoms with E-state index >= 15 is 0 Å². The van der Waals surface area contributed by atoms with Crippen LogP contribution in [0.4, 0.5) is 0 Å². The van der Waals surface area contributed by atoms with Crippen molar-refractivity contribution in [2.24, 2.45) is 5.73 Å². The molecule has 0 aliphatic carbocycles. The zero-order valence-electron chi connectivity index (χ0n) is 11.4. The van der Waals surface area contributed by atoms with Gasteiger partial charge in [0, 0.05) is 5.56 Å². The number of hydrogen-bond acceptors (Lipinski definition) is 2. The molecule has 3 nitrogen and oxygen atoms in total. The molecular weight excluding hydrogens is 236 g/mol. The van der Waals surface area contributed by atoms with E-state index in [0.717, 1.165) is 22.6 Å². The molecule has 0 heterocycles. The summed E-state index contributed by atoms with van der Waals surface area (Å²) in [7, 11) is 0. The van der Waals surface area contributed by atoms with Crippen LogP contribution in [0.3, 0.4) is 0 Å². The fourth-order valence-corrected chi connectivity index (χ4v) is 1.87. The van der Waals surface area contributed by atoms with Gasteiger partial charge in [-0.1, -0.05) is 12.1 Å². The van der Waals surface area contributed by atoms with Crippen molar-refractivity contribution in [3.8, 4) is 11.5 Å². The summed E-state index contributed by atoms with van der Waals surface area (Å²) in [5.74, 6) is 1.72. The Bertz CT molecular complexity index is 633. The molecule has 3 heteroatoms. The number of hydrogen-bond donors (Lipinski definition) is 2. The van der Waals surface area contributed by atoms with Gasteiger partial charge in [-0.3, -0.25) is 5.41 Å². The van der Waals surface area contributed by atoms with Crippen molar-refractivity contribution >= 4 is 5.84 Å². The van der Waals surface area contributed by atoms with Crippen molar-refractivity contribution in [2.45, 2.75) is 20.8 Å². The van der Waals surface area contributed by atoms with Crippen molar-refractivity contribution in [3.63, 3.8) is 0 Å². The van der Waals surface area contributed by atoms with Crippen LogP contribution in [0.2, 0.25) is 0 Å². The lowest BCUT2D eigenvalue weighted by atomic mass is 10.1. The number of nitrogen functional groups attached to an aromatic ring is 1. The van der Waals surface area contributed by atoms with Crippen LogP contribution in [-0.4, -0.2) is 5.84 Å². The summed E-state index contributed by atoms with van der Waals surface area (Å²) in [5, 5.41) is 7.42. The van der Waals surface area contributed by atoms with Gasteiger partial charge in [0.15, 0.2) is 0 Å². The average molecular weight is 254 g/mol.